The number of hydrogen-bond acceptors (Lipinski definition) is 4. The molecule has 2 aliphatic rings. The summed E-state index contributed by atoms with van der Waals surface area (Å²) in [7, 11) is 0. The Bertz CT molecular complexity index is 675. The van der Waals surface area contributed by atoms with Crippen molar-refractivity contribution in [2.24, 2.45) is 11.3 Å². The number of nitrogens with zero attached hydrogens (tertiary/aromatic N) is 1. The van der Waals surface area contributed by atoms with Crippen LogP contribution in [0.5, 0.6) is 5.75 Å². The van der Waals surface area contributed by atoms with E-state index in [1.54, 1.807) is 12.1 Å². The zero-order valence-electron chi connectivity index (χ0n) is 18.0. The van der Waals surface area contributed by atoms with Gasteiger partial charge in [-0.2, -0.15) is 0 Å². The number of piperidine rings is 1. The van der Waals surface area contributed by atoms with Gasteiger partial charge in [-0.05, 0) is 55.2 Å². The summed E-state index contributed by atoms with van der Waals surface area (Å²) >= 11 is 6.43. The van der Waals surface area contributed by atoms with E-state index in [0.717, 1.165) is 58.5 Å². The van der Waals surface area contributed by atoms with Gasteiger partial charge in [-0.3, -0.25) is 4.79 Å². The molecule has 0 spiro atoms. The van der Waals surface area contributed by atoms with Crippen molar-refractivity contribution < 1.29 is 14.3 Å². The minimum atomic E-state index is -0.0829. The molecule has 2 saturated heterocycles. The van der Waals surface area contributed by atoms with Gasteiger partial charge in [-0.1, -0.05) is 32.4 Å². The Kier molecular flexibility index (Phi) is 7.83. The summed E-state index contributed by atoms with van der Waals surface area (Å²) in [5, 5.41) is 3.52. The highest BCUT2D eigenvalue weighted by Gasteiger charge is 2.24. The van der Waals surface area contributed by atoms with Crippen molar-refractivity contribution in [3.05, 3.63) is 28.8 Å². The number of ether oxygens (including phenoxy) is 2. The van der Waals surface area contributed by atoms with Crippen LogP contribution >= 0.6 is 11.6 Å². The van der Waals surface area contributed by atoms with Crippen LogP contribution in [0.4, 0.5) is 0 Å². The summed E-state index contributed by atoms with van der Waals surface area (Å²) in [6, 6.07) is 5.34. The highest BCUT2D eigenvalue weighted by Crippen LogP contribution is 2.29. The molecule has 1 amide bonds. The molecular formula is C23H35ClN2O3. The number of rotatable bonds is 6. The van der Waals surface area contributed by atoms with Gasteiger partial charge in [0.05, 0.1) is 5.02 Å². The molecule has 0 bridgehead atoms. The SMILES string of the molecule is CC(C)(C)CN1CCC(Oc2ccc(C(=O)NCC3CCOCC3)cc2Cl)CC1. The molecule has 2 fully saturated rings. The molecule has 2 aliphatic heterocycles. The van der Waals surface area contributed by atoms with Gasteiger partial charge in [0, 0.05) is 45.0 Å². The maximum atomic E-state index is 12.4. The lowest BCUT2D eigenvalue weighted by molar-refractivity contribution is 0.0642. The Morgan fingerprint density at radius 1 is 1.21 bits per heavy atom. The van der Waals surface area contributed by atoms with Crippen LogP contribution in [0, 0.1) is 11.3 Å². The van der Waals surface area contributed by atoms with Crippen LogP contribution in [0.25, 0.3) is 0 Å². The fourth-order valence-electron chi connectivity index (χ4n) is 4.06. The van der Waals surface area contributed by atoms with Crippen molar-refractivity contribution >= 4 is 17.5 Å². The van der Waals surface area contributed by atoms with E-state index in [0.29, 0.717) is 34.2 Å². The molecule has 29 heavy (non-hydrogen) atoms. The van der Waals surface area contributed by atoms with Gasteiger partial charge in [0.15, 0.2) is 0 Å². The first kappa shape index (κ1) is 22.4. The number of nitrogens with one attached hydrogen (secondary N) is 1. The molecule has 0 radical (unpaired) electrons. The van der Waals surface area contributed by atoms with Crippen molar-refractivity contribution in [2.75, 3.05) is 39.4 Å². The lowest BCUT2D eigenvalue weighted by atomic mass is 9.94. The molecule has 0 aliphatic carbocycles. The van der Waals surface area contributed by atoms with E-state index in [9.17, 15) is 4.79 Å². The predicted octanol–water partition coefficient (Wildman–Crippen LogP) is 4.39. The summed E-state index contributed by atoms with van der Waals surface area (Å²) < 4.78 is 11.5. The first-order valence-electron chi connectivity index (χ1n) is 10.8. The third-order valence-electron chi connectivity index (χ3n) is 5.61. The van der Waals surface area contributed by atoms with Gasteiger partial charge < -0.3 is 19.7 Å². The van der Waals surface area contributed by atoms with E-state index in [2.05, 4.69) is 31.0 Å². The van der Waals surface area contributed by atoms with Gasteiger partial charge in [-0.25, -0.2) is 0 Å². The van der Waals surface area contributed by atoms with Crippen molar-refractivity contribution in [1.82, 2.24) is 10.2 Å². The second-order valence-corrected chi connectivity index (χ2v) is 9.97. The topological polar surface area (TPSA) is 50.8 Å². The molecule has 162 valence electrons. The number of amides is 1. The molecular weight excluding hydrogens is 388 g/mol. The van der Waals surface area contributed by atoms with Crippen LogP contribution in [0.3, 0.4) is 0 Å². The van der Waals surface area contributed by atoms with Gasteiger partial charge in [0.1, 0.15) is 11.9 Å². The van der Waals surface area contributed by atoms with Crippen molar-refractivity contribution in [2.45, 2.75) is 52.6 Å². The molecule has 0 aromatic heterocycles. The lowest BCUT2D eigenvalue weighted by Gasteiger charge is -2.36. The van der Waals surface area contributed by atoms with Gasteiger partial charge in [0.25, 0.3) is 5.91 Å². The van der Waals surface area contributed by atoms with E-state index in [-0.39, 0.29) is 12.0 Å². The Hall–Kier alpha value is -1.30. The number of likely N-dealkylation sites (tertiary alicyclic amines) is 1. The highest BCUT2D eigenvalue weighted by molar-refractivity contribution is 6.32. The Morgan fingerprint density at radius 2 is 1.90 bits per heavy atom. The third kappa shape index (κ3) is 7.16. The molecule has 1 aromatic rings. The summed E-state index contributed by atoms with van der Waals surface area (Å²) in [4.78, 5) is 15.0. The summed E-state index contributed by atoms with van der Waals surface area (Å²) in [6.45, 7) is 12.3. The van der Waals surface area contributed by atoms with Crippen LogP contribution in [-0.4, -0.2) is 56.3 Å². The van der Waals surface area contributed by atoms with Crippen LogP contribution in [0.15, 0.2) is 18.2 Å². The Labute approximate surface area is 180 Å². The predicted molar refractivity (Wildman–Crippen MR) is 117 cm³/mol. The van der Waals surface area contributed by atoms with E-state index in [1.807, 2.05) is 6.07 Å². The molecule has 1 aromatic carbocycles. The van der Waals surface area contributed by atoms with Crippen LogP contribution < -0.4 is 10.1 Å². The smallest absolute Gasteiger partial charge is 0.251 e. The molecule has 0 atom stereocenters. The monoisotopic (exact) mass is 422 g/mol. The third-order valence-corrected chi connectivity index (χ3v) is 5.91. The average Bonchev–Trinajstić information content (AvgIpc) is 2.69. The average molecular weight is 423 g/mol. The normalized spacial score (nSPS) is 19.9. The second-order valence-electron chi connectivity index (χ2n) is 9.56. The standard InChI is InChI=1S/C23H35ClN2O3/c1-23(2,3)16-26-10-6-19(7-11-26)29-21-5-4-18(14-20(21)24)22(27)25-15-17-8-12-28-13-9-17/h4-5,14,17,19H,6-13,15-16H2,1-3H3,(H,25,27). The molecule has 0 saturated carbocycles. The number of carbonyl (C=O) groups excluding carboxylic acids is 1. The molecule has 1 N–H and O–H groups in total. The van der Waals surface area contributed by atoms with E-state index < -0.39 is 0 Å². The number of halogens is 1. The molecule has 5 nitrogen and oxygen atoms in total. The lowest BCUT2D eigenvalue weighted by Crippen LogP contribution is -2.42. The maximum Gasteiger partial charge on any atom is 0.251 e. The summed E-state index contributed by atoms with van der Waals surface area (Å²) in [6.07, 6.45) is 4.18. The maximum absolute atomic E-state index is 12.4. The summed E-state index contributed by atoms with van der Waals surface area (Å²) in [5.74, 6) is 1.08. The minimum absolute atomic E-state index is 0.0829. The van der Waals surface area contributed by atoms with Crippen LogP contribution in [0.1, 0.15) is 56.8 Å². The van der Waals surface area contributed by atoms with E-state index in [1.165, 1.54) is 0 Å². The first-order valence-corrected chi connectivity index (χ1v) is 11.2. The Morgan fingerprint density at radius 3 is 2.52 bits per heavy atom. The molecule has 0 unspecified atom stereocenters. The quantitative estimate of drug-likeness (QED) is 0.738. The fraction of sp³-hybridized carbons (Fsp3) is 0.696. The van der Waals surface area contributed by atoms with Crippen LogP contribution in [0.2, 0.25) is 5.02 Å². The fourth-order valence-corrected chi connectivity index (χ4v) is 4.29. The van der Waals surface area contributed by atoms with E-state index in [4.69, 9.17) is 21.1 Å². The molecule has 2 heterocycles. The summed E-state index contributed by atoms with van der Waals surface area (Å²) in [5.41, 5.74) is 0.896. The van der Waals surface area contributed by atoms with Crippen LogP contribution in [-0.2, 0) is 4.74 Å². The number of hydrogen-bond donors (Lipinski definition) is 1. The molecule has 3 rings (SSSR count). The van der Waals surface area contributed by atoms with Crippen molar-refractivity contribution in [1.29, 1.82) is 0 Å². The first-order chi connectivity index (χ1) is 13.8. The number of carbonyl (C=O) groups is 1. The number of benzene rings is 1. The zero-order chi connectivity index (χ0) is 20.9. The van der Waals surface area contributed by atoms with E-state index >= 15 is 0 Å². The molecule has 6 heteroatoms. The van der Waals surface area contributed by atoms with Crippen molar-refractivity contribution in [3.63, 3.8) is 0 Å². The minimum Gasteiger partial charge on any atom is -0.489 e. The zero-order valence-corrected chi connectivity index (χ0v) is 18.8. The van der Waals surface area contributed by atoms with Gasteiger partial charge in [0.2, 0.25) is 0 Å². The van der Waals surface area contributed by atoms with Gasteiger partial charge in [-0.15, -0.1) is 0 Å². The second kappa shape index (κ2) is 10.1. The Balaban J connectivity index is 1.47. The largest absolute Gasteiger partial charge is 0.489 e. The van der Waals surface area contributed by atoms with Crippen molar-refractivity contribution in [3.8, 4) is 5.75 Å². The van der Waals surface area contributed by atoms with Gasteiger partial charge >= 0.3 is 0 Å². The highest BCUT2D eigenvalue weighted by atomic mass is 35.5.